The Kier molecular flexibility index (Phi) is 2.76. The number of nitrogens with zero attached hydrogens (tertiary/aromatic N) is 1. The molecule has 1 nitrogen and oxygen atoms in total. The summed E-state index contributed by atoms with van der Waals surface area (Å²) < 4.78 is 2.45. The van der Waals surface area contributed by atoms with Gasteiger partial charge in [-0.15, -0.1) is 0 Å². The predicted octanol–water partition coefficient (Wildman–Crippen LogP) is 2.46. The van der Waals surface area contributed by atoms with Crippen molar-refractivity contribution in [2.45, 2.75) is 32.7 Å². The highest BCUT2D eigenvalue weighted by molar-refractivity contribution is 14.1. The van der Waals surface area contributed by atoms with E-state index in [4.69, 9.17) is 0 Å². The van der Waals surface area contributed by atoms with Crippen LogP contribution in [-0.4, -0.2) is 15.7 Å². The summed E-state index contributed by atoms with van der Waals surface area (Å²) in [6.07, 6.45) is 2.80. The topological polar surface area (TPSA) is 3.24 Å². The standard InChI is InChI=1S/C7H14IN/c1-6(2)7-4-3-5-9(7)8/h6-7H,3-5H2,1-2H3/t7-/m1/s1. The number of rotatable bonds is 1. The lowest BCUT2D eigenvalue weighted by molar-refractivity contribution is 0.365. The van der Waals surface area contributed by atoms with Crippen LogP contribution in [0.25, 0.3) is 0 Å². The lowest BCUT2D eigenvalue weighted by Crippen LogP contribution is -2.24. The molecule has 0 bridgehead atoms. The van der Waals surface area contributed by atoms with Gasteiger partial charge in [-0.25, -0.2) is 3.11 Å². The molecule has 0 spiro atoms. The van der Waals surface area contributed by atoms with Crippen LogP contribution in [0.5, 0.6) is 0 Å². The fraction of sp³-hybridized carbons (Fsp3) is 1.00. The van der Waals surface area contributed by atoms with E-state index in [0.717, 1.165) is 12.0 Å². The van der Waals surface area contributed by atoms with Crippen LogP contribution in [-0.2, 0) is 0 Å². The van der Waals surface area contributed by atoms with Crippen molar-refractivity contribution < 1.29 is 0 Å². The van der Waals surface area contributed by atoms with Crippen LogP contribution in [0.3, 0.4) is 0 Å². The molecule has 0 saturated carbocycles. The predicted molar refractivity (Wildman–Crippen MR) is 48.6 cm³/mol. The molecule has 0 aromatic carbocycles. The zero-order valence-electron chi connectivity index (χ0n) is 6.10. The third kappa shape index (κ3) is 1.80. The SMILES string of the molecule is CC(C)[C@H]1CCCN1I. The van der Waals surface area contributed by atoms with Gasteiger partial charge in [0.25, 0.3) is 0 Å². The van der Waals surface area contributed by atoms with Gasteiger partial charge in [0.15, 0.2) is 0 Å². The first-order valence-corrected chi connectivity index (χ1v) is 4.60. The van der Waals surface area contributed by atoms with Gasteiger partial charge in [0.05, 0.1) is 0 Å². The maximum atomic E-state index is 2.45. The van der Waals surface area contributed by atoms with Crippen molar-refractivity contribution >= 4 is 22.9 Å². The Morgan fingerprint density at radius 1 is 1.56 bits per heavy atom. The van der Waals surface area contributed by atoms with Gasteiger partial charge in [0, 0.05) is 35.5 Å². The van der Waals surface area contributed by atoms with Crippen molar-refractivity contribution in [3.8, 4) is 0 Å². The Hall–Kier alpha value is 0.690. The molecular weight excluding hydrogens is 225 g/mol. The Bertz CT molecular complexity index is 92.9. The molecule has 9 heavy (non-hydrogen) atoms. The fourth-order valence-electron chi connectivity index (χ4n) is 1.41. The summed E-state index contributed by atoms with van der Waals surface area (Å²) in [5.74, 6) is 0.837. The van der Waals surface area contributed by atoms with Crippen LogP contribution in [0.4, 0.5) is 0 Å². The highest BCUT2D eigenvalue weighted by Crippen LogP contribution is 2.26. The molecule has 0 amide bonds. The summed E-state index contributed by atoms with van der Waals surface area (Å²) >= 11 is 2.44. The molecule has 0 N–H and O–H groups in total. The summed E-state index contributed by atoms with van der Waals surface area (Å²) in [7, 11) is 0. The minimum absolute atomic E-state index is 0.837. The molecule has 0 aromatic heterocycles. The Morgan fingerprint density at radius 3 is 2.44 bits per heavy atom. The molecule has 0 aromatic rings. The van der Waals surface area contributed by atoms with Crippen LogP contribution in [0.1, 0.15) is 26.7 Å². The Balaban J connectivity index is 2.40. The van der Waals surface area contributed by atoms with Crippen molar-refractivity contribution in [1.29, 1.82) is 0 Å². The fourth-order valence-corrected chi connectivity index (χ4v) is 2.68. The van der Waals surface area contributed by atoms with Crippen LogP contribution in [0.15, 0.2) is 0 Å². The molecule has 0 aliphatic carbocycles. The lowest BCUT2D eigenvalue weighted by atomic mass is 10.0. The smallest absolute Gasteiger partial charge is 0.0217 e. The summed E-state index contributed by atoms with van der Waals surface area (Å²) in [5, 5.41) is 0. The second-order valence-corrected chi connectivity index (χ2v) is 4.32. The second-order valence-electron chi connectivity index (χ2n) is 3.08. The minimum atomic E-state index is 0.837. The Labute approximate surface area is 71.3 Å². The normalized spacial score (nSPS) is 30.0. The highest BCUT2D eigenvalue weighted by Gasteiger charge is 2.24. The van der Waals surface area contributed by atoms with E-state index in [1.165, 1.54) is 19.4 Å². The van der Waals surface area contributed by atoms with E-state index in [1.54, 1.807) is 0 Å². The lowest BCUT2D eigenvalue weighted by Gasteiger charge is -2.20. The van der Waals surface area contributed by atoms with Crippen molar-refractivity contribution in [2.24, 2.45) is 5.92 Å². The molecule has 1 fully saturated rings. The first-order chi connectivity index (χ1) is 4.22. The molecule has 1 aliphatic rings. The minimum Gasteiger partial charge on any atom is -0.244 e. The van der Waals surface area contributed by atoms with E-state index in [2.05, 4.69) is 39.8 Å². The maximum Gasteiger partial charge on any atom is 0.0217 e. The highest BCUT2D eigenvalue weighted by atomic mass is 127. The average molecular weight is 239 g/mol. The van der Waals surface area contributed by atoms with Crippen molar-refractivity contribution in [1.82, 2.24) is 3.11 Å². The number of hydrogen-bond acceptors (Lipinski definition) is 1. The maximum absolute atomic E-state index is 2.45. The third-order valence-corrected chi connectivity index (χ3v) is 3.20. The molecule has 0 radical (unpaired) electrons. The zero-order chi connectivity index (χ0) is 6.85. The number of halogens is 1. The Morgan fingerprint density at radius 2 is 2.22 bits per heavy atom. The summed E-state index contributed by atoms with van der Waals surface area (Å²) in [5.41, 5.74) is 0. The van der Waals surface area contributed by atoms with Gasteiger partial charge in [-0.1, -0.05) is 13.8 Å². The van der Waals surface area contributed by atoms with Crippen LogP contribution < -0.4 is 0 Å². The average Bonchev–Trinajstić information content (AvgIpc) is 2.13. The van der Waals surface area contributed by atoms with Gasteiger partial charge < -0.3 is 0 Å². The molecule has 1 rings (SSSR count). The molecule has 1 saturated heterocycles. The van der Waals surface area contributed by atoms with Crippen molar-refractivity contribution in [3.63, 3.8) is 0 Å². The van der Waals surface area contributed by atoms with E-state index >= 15 is 0 Å². The van der Waals surface area contributed by atoms with Gasteiger partial charge in [-0.2, -0.15) is 0 Å². The molecule has 1 atom stereocenters. The molecule has 0 unspecified atom stereocenters. The summed E-state index contributed by atoms with van der Waals surface area (Å²) in [6, 6.07) is 0.852. The quantitative estimate of drug-likeness (QED) is 0.501. The van der Waals surface area contributed by atoms with Crippen LogP contribution in [0, 0.1) is 5.92 Å². The van der Waals surface area contributed by atoms with Gasteiger partial charge in [-0.05, 0) is 18.8 Å². The molecule has 1 heterocycles. The van der Waals surface area contributed by atoms with Crippen molar-refractivity contribution in [3.05, 3.63) is 0 Å². The second kappa shape index (κ2) is 3.19. The molecular formula is C7H14IN. The monoisotopic (exact) mass is 239 g/mol. The molecule has 54 valence electrons. The van der Waals surface area contributed by atoms with E-state index in [-0.39, 0.29) is 0 Å². The van der Waals surface area contributed by atoms with E-state index < -0.39 is 0 Å². The van der Waals surface area contributed by atoms with Crippen LogP contribution in [0.2, 0.25) is 0 Å². The van der Waals surface area contributed by atoms with E-state index in [0.29, 0.717) is 0 Å². The first kappa shape index (κ1) is 7.79. The molecule has 2 heteroatoms. The third-order valence-electron chi connectivity index (χ3n) is 2.00. The van der Waals surface area contributed by atoms with Gasteiger partial charge >= 0.3 is 0 Å². The van der Waals surface area contributed by atoms with Crippen molar-refractivity contribution in [2.75, 3.05) is 6.54 Å². The zero-order valence-corrected chi connectivity index (χ0v) is 8.26. The van der Waals surface area contributed by atoms with E-state index in [9.17, 15) is 0 Å². The van der Waals surface area contributed by atoms with Gasteiger partial charge in [-0.3, -0.25) is 0 Å². The molecule has 1 aliphatic heterocycles. The van der Waals surface area contributed by atoms with Gasteiger partial charge in [0.1, 0.15) is 0 Å². The summed E-state index contributed by atoms with van der Waals surface area (Å²) in [6.45, 7) is 5.91. The number of hydrogen-bond donors (Lipinski definition) is 0. The first-order valence-electron chi connectivity index (χ1n) is 3.64. The van der Waals surface area contributed by atoms with E-state index in [1.807, 2.05) is 0 Å². The largest absolute Gasteiger partial charge is 0.244 e. The van der Waals surface area contributed by atoms with Gasteiger partial charge in [0.2, 0.25) is 0 Å². The van der Waals surface area contributed by atoms with Crippen LogP contribution >= 0.6 is 22.9 Å². The summed E-state index contributed by atoms with van der Waals surface area (Å²) in [4.78, 5) is 0.